The number of aliphatic hydroxyl groups excluding tert-OH is 6. The Morgan fingerprint density at radius 2 is 1.47 bits per heavy atom. The van der Waals surface area contributed by atoms with Crippen LogP contribution in [0.25, 0.3) is 0 Å². The third-order valence-corrected chi connectivity index (χ3v) is 18.0. The Hall–Kier alpha value is -1.72. The maximum Gasteiger partial charge on any atom is 0.338 e. The molecule has 2 aliphatic heterocycles. The largest absolute Gasteiger partial charge is 0.481 e. The number of carbonyl (C=O) groups excluding carboxylic acids is 1. The molecule has 5 aliphatic carbocycles. The molecule has 4 saturated carbocycles. The fourth-order valence-corrected chi connectivity index (χ4v) is 14.0. The van der Waals surface area contributed by atoms with Crippen LogP contribution >= 0.6 is 0 Å². The Bertz CT molecular complexity index is 1630. The first kappa shape index (κ1) is 46.3. The highest BCUT2D eigenvalue weighted by Crippen LogP contribution is 2.76. The van der Waals surface area contributed by atoms with Gasteiger partial charge in [0.25, 0.3) is 0 Å². The summed E-state index contributed by atoms with van der Waals surface area (Å²) >= 11 is 0. The summed E-state index contributed by atoms with van der Waals surface area (Å²) in [5, 5.41) is 75.4. The van der Waals surface area contributed by atoms with Crippen LogP contribution in [0.5, 0.6) is 0 Å². The minimum Gasteiger partial charge on any atom is -0.481 e. The fraction of sp³-hybridized carbons (Fsp3) is 0.913. The van der Waals surface area contributed by atoms with Gasteiger partial charge in [-0.3, -0.25) is 4.79 Å². The van der Waals surface area contributed by atoms with E-state index in [1.165, 1.54) is 5.57 Å². The Morgan fingerprint density at radius 1 is 0.783 bits per heavy atom. The van der Waals surface area contributed by atoms with E-state index in [0.29, 0.717) is 25.2 Å². The Labute approximate surface area is 355 Å². The van der Waals surface area contributed by atoms with Crippen LogP contribution in [0.15, 0.2) is 11.6 Å². The van der Waals surface area contributed by atoms with E-state index in [1.807, 2.05) is 6.92 Å². The third-order valence-electron chi connectivity index (χ3n) is 18.0. The molecule has 0 aromatic heterocycles. The molecule has 0 bridgehead atoms. The molecule has 0 amide bonds. The molecule has 342 valence electrons. The van der Waals surface area contributed by atoms with E-state index >= 15 is 0 Å². The highest BCUT2D eigenvalue weighted by molar-refractivity contribution is 5.77. The molecule has 7 rings (SSSR count). The van der Waals surface area contributed by atoms with Gasteiger partial charge in [-0.15, -0.1) is 0 Å². The van der Waals surface area contributed by atoms with Crippen molar-refractivity contribution >= 4 is 11.9 Å². The summed E-state index contributed by atoms with van der Waals surface area (Å²) in [6, 6.07) is 0. The van der Waals surface area contributed by atoms with E-state index in [1.54, 1.807) is 0 Å². The lowest BCUT2D eigenvalue weighted by atomic mass is 9.33. The molecule has 0 unspecified atom stereocenters. The Kier molecular flexibility index (Phi) is 12.6. The number of hydrogen-bond acceptors (Lipinski definition) is 13. The van der Waals surface area contributed by atoms with Crippen LogP contribution < -0.4 is 0 Å². The van der Waals surface area contributed by atoms with Crippen molar-refractivity contribution in [1.29, 1.82) is 0 Å². The van der Waals surface area contributed by atoms with Gasteiger partial charge in [-0.05, 0) is 115 Å². The van der Waals surface area contributed by atoms with Crippen molar-refractivity contribution in [2.24, 2.45) is 50.2 Å². The molecule has 14 nitrogen and oxygen atoms in total. The molecule has 60 heavy (non-hydrogen) atoms. The van der Waals surface area contributed by atoms with E-state index < -0.39 is 96.9 Å². The van der Waals surface area contributed by atoms with Gasteiger partial charge in [0.15, 0.2) is 18.7 Å². The molecule has 0 aromatic rings. The Balaban J connectivity index is 1.14. The summed E-state index contributed by atoms with van der Waals surface area (Å²) in [6.07, 6.45) is -4.73. The van der Waals surface area contributed by atoms with Crippen LogP contribution in [0.2, 0.25) is 0 Å². The lowest BCUT2D eigenvalue weighted by molar-refractivity contribution is -0.365. The predicted octanol–water partition coefficient (Wildman–Crippen LogP) is 4.23. The van der Waals surface area contributed by atoms with Gasteiger partial charge in [-0.1, -0.05) is 73.5 Å². The van der Waals surface area contributed by atoms with Gasteiger partial charge < -0.3 is 59.4 Å². The zero-order valence-corrected chi connectivity index (χ0v) is 37.0. The van der Waals surface area contributed by atoms with Crippen molar-refractivity contribution in [3.05, 3.63) is 11.6 Å². The van der Waals surface area contributed by atoms with E-state index in [4.69, 9.17) is 23.7 Å². The third kappa shape index (κ3) is 7.23. The smallest absolute Gasteiger partial charge is 0.338 e. The van der Waals surface area contributed by atoms with Gasteiger partial charge in [0, 0.05) is 0 Å². The summed E-state index contributed by atoms with van der Waals surface area (Å²) < 4.78 is 29.7. The molecule has 0 radical (unpaired) electrons. The van der Waals surface area contributed by atoms with Gasteiger partial charge in [-0.25, -0.2) is 4.79 Å². The van der Waals surface area contributed by atoms with E-state index in [2.05, 4.69) is 54.5 Å². The second-order valence-electron chi connectivity index (χ2n) is 21.9. The van der Waals surface area contributed by atoms with Gasteiger partial charge in [0.2, 0.25) is 0 Å². The maximum absolute atomic E-state index is 13.4. The van der Waals surface area contributed by atoms with Crippen molar-refractivity contribution in [2.45, 2.75) is 200 Å². The molecule has 6 fully saturated rings. The van der Waals surface area contributed by atoms with Crippen molar-refractivity contribution in [1.82, 2.24) is 0 Å². The number of aliphatic carboxylic acids is 1. The summed E-state index contributed by atoms with van der Waals surface area (Å²) in [7, 11) is 0. The van der Waals surface area contributed by atoms with Crippen molar-refractivity contribution in [2.75, 3.05) is 13.2 Å². The summed E-state index contributed by atoms with van der Waals surface area (Å²) in [5.74, 6) is -0.931. The molecule has 14 heteroatoms. The predicted molar refractivity (Wildman–Crippen MR) is 217 cm³/mol. The van der Waals surface area contributed by atoms with Crippen molar-refractivity contribution in [3.8, 4) is 0 Å². The average Bonchev–Trinajstić information content (AvgIpc) is 3.18. The fourth-order valence-electron chi connectivity index (χ4n) is 14.0. The lowest BCUT2D eigenvalue weighted by Gasteiger charge is -2.71. The molecular formula is C46H74O14. The van der Waals surface area contributed by atoms with Gasteiger partial charge >= 0.3 is 11.9 Å². The molecular weight excluding hydrogens is 776 g/mol. The molecule has 0 spiro atoms. The number of allylic oxidation sites excluding steroid dienone is 2. The first-order chi connectivity index (χ1) is 28.0. The van der Waals surface area contributed by atoms with Crippen LogP contribution in [-0.4, -0.2) is 128 Å². The Morgan fingerprint density at radius 3 is 2.13 bits per heavy atom. The van der Waals surface area contributed by atoms with E-state index in [0.717, 1.165) is 57.8 Å². The average molecular weight is 851 g/mol. The number of esters is 1. The number of unbranched alkanes of at least 4 members (excludes halogenated alkanes) is 1. The minimum absolute atomic E-state index is 0.0306. The van der Waals surface area contributed by atoms with Crippen LogP contribution in [0.3, 0.4) is 0 Å². The second kappa shape index (κ2) is 16.4. The highest BCUT2D eigenvalue weighted by atomic mass is 16.7. The molecule has 18 atom stereocenters. The van der Waals surface area contributed by atoms with Crippen LogP contribution in [0.1, 0.15) is 132 Å². The summed E-state index contributed by atoms with van der Waals surface area (Å²) in [6.45, 7) is 17.6. The number of fused-ring (bicyclic) bond motifs is 7. The van der Waals surface area contributed by atoms with E-state index in [-0.39, 0.29) is 40.1 Å². The quantitative estimate of drug-likeness (QED) is 0.0708. The zero-order valence-electron chi connectivity index (χ0n) is 37.0. The van der Waals surface area contributed by atoms with Gasteiger partial charge in [0.1, 0.15) is 42.7 Å². The van der Waals surface area contributed by atoms with Crippen molar-refractivity contribution in [3.63, 3.8) is 0 Å². The molecule has 2 saturated heterocycles. The SMILES string of the molecule is CCCCOC(=O)[C@H]1O[C@@H](O[C@H]2CC[C@]3(C)[C@H]4CC=C5[C@@H]6CC(C)(C)CC[C@]6(C(=O)O)CC[C@@]5(C)[C@]4(C)CC[C@H]3C2(C)C)[C@H](O)[C@@H](O[C@@H]2O[C@H](CO)[C@H](O)[C@H](O)[C@H]2O)[C@@H]1O. The topological polar surface area (TPSA) is 222 Å². The number of ether oxygens (including phenoxy) is 5. The lowest BCUT2D eigenvalue weighted by Crippen LogP contribution is -2.67. The van der Waals surface area contributed by atoms with Crippen molar-refractivity contribution < 1.29 is 69.0 Å². The second-order valence-corrected chi connectivity index (χ2v) is 21.9. The first-order valence-electron chi connectivity index (χ1n) is 22.8. The van der Waals surface area contributed by atoms with Crippen LogP contribution in [-0.2, 0) is 33.3 Å². The monoisotopic (exact) mass is 851 g/mol. The summed E-state index contributed by atoms with van der Waals surface area (Å²) in [5.41, 5.74) is 0.0671. The molecule has 2 heterocycles. The molecule has 7 N–H and O–H groups in total. The maximum atomic E-state index is 13.4. The number of carboxylic acid groups (broad SMARTS) is 1. The van der Waals surface area contributed by atoms with Gasteiger partial charge in [0.05, 0.1) is 24.7 Å². The van der Waals surface area contributed by atoms with E-state index in [9.17, 15) is 45.3 Å². The number of rotatable bonds is 10. The zero-order chi connectivity index (χ0) is 44.0. The standard InChI is InChI=1S/C46H74O14/c1-9-10-21-56-37(53)36-33(51)35(59-38-32(50)31(49)30(48)26(23-47)57-38)34(52)39(60-36)58-29-14-15-43(6)27(42(29,4)5)13-16-45(8)28(43)12-11-24-25-22-41(2,3)17-19-46(25,40(54)55)20-18-44(24,45)7/h11,25-36,38-39,47-52H,9-10,12-23H2,1-8H3,(H,54,55)/t25-,26+,27-,28+,29-,30-,31-,32+,33-,34+,35-,36-,38-,39+,43-,44+,45+,46-/m0/s1. The number of aliphatic hydroxyl groups is 6. The normalized spacial score (nSPS) is 49.6. The number of carbonyl (C=O) groups is 2. The number of carboxylic acids is 1. The highest BCUT2D eigenvalue weighted by Gasteiger charge is 2.70. The van der Waals surface area contributed by atoms with Crippen LogP contribution in [0.4, 0.5) is 0 Å². The van der Waals surface area contributed by atoms with Gasteiger partial charge in [-0.2, -0.15) is 0 Å². The first-order valence-corrected chi connectivity index (χ1v) is 22.8. The molecule has 0 aromatic carbocycles. The number of hydrogen-bond donors (Lipinski definition) is 7. The minimum atomic E-state index is -1.82. The molecule has 7 aliphatic rings. The summed E-state index contributed by atoms with van der Waals surface area (Å²) in [4.78, 5) is 26.5. The van der Waals surface area contributed by atoms with Crippen LogP contribution in [0, 0.1) is 50.2 Å².